The number of thioether (sulfide) groups is 1. The Morgan fingerprint density at radius 3 is 2.00 bits per heavy atom. The largest absolute Gasteiger partial charge is 0.380 e. The van der Waals surface area contributed by atoms with E-state index in [0.29, 0.717) is 0 Å². The van der Waals surface area contributed by atoms with Gasteiger partial charge in [-0.1, -0.05) is 0 Å². The fourth-order valence-corrected chi connectivity index (χ4v) is 1.12. The van der Waals surface area contributed by atoms with E-state index in [1.165, 1.54) is 11.5 Å². The average Bonchev–Trinajstić information content (AvgIpc) is 1.93. The molecule has 0 saturated carbocycles. The summed E-state index contributed by atoms with van der Waals surface area (Å²) in [6, 6.07) is 0. The first-order chi connectivity index (χ1) is 4.41. The third-order valence-corrected chi connectivity index (χ3v) is 1.65. The van der Waals surface area contributed by atoms with Gasteiger partial charge in [0.05, 0.1) is 13.2 Å². The van der Waals surface area contributed by atoms with Gasteiger partial charge in [-0.3, -0.25) is 8.99 Å². The molecule has 0 radical (unpaired) electrons. The van der Waals surface area contributed by atoms with Gasteiger partial charge in [0.25, 0.3) is 0 Å². The van der Waals surface area contributed by atoms with Crippen molar-refractivity contribution in [2.45, 2.75) is 0 Å². The second-order valence-corrected chi connectivity index (χ2v) is 2.76. The van der Waals surface area contributed by atoms with E-state index in [1.807, 2.05) is 11.8 Å². The first-order valence-corrected chi connectivity index (χ1v) is 4.67. The first kappa shape index (κ1) is 9.26. The highest BCUT2D eigenvalue weighted by Gasteiger charge is 1.95. The molecule has 1 N–H and O–H groups in total. The van der Waals surface area contributed by atoms with Crippen molar-refractivity contribution >= 4 is 23.2 Å². The molecule has 1 aliphatic heterocycles. The molecule has 1 aliphatic rings. The molecule has 0 aromatic carbocycles. The zero-order valence-electron chi connectivity index (χ0n) is 5.05. The Hall–Kier alpha value is 0.260. The molecule has 9 heavy (non-hydrogen) atoms. The van der Waals surface area contributed by atoms with Crippen molar-refractivity contribution in [2.24, 2.45) is 0 Å². The van der Waals surface area contributed by atoms with Crippen LogP contribution in [0.5, 0.6) is 0 Å². The number of hydrogen-bond acceptors (Lipinski definition) is 4. The van der Waals surface area contributed by atoms with Crippen molar-refractivity contribution < 1.29 is 8.95 Å². The van der Waals surface area contributed by atoms with E-state index in [9.17, 15) is 0 Å². The summed E-state index contributed by atoms with van der Waals surface area (Å²) < 4.78 is 19.4. The maximum absolute atomic E-state index is 8.62. The van der Waals surface area contributed by atoms with Crippen LogP contribution in [0, 0.1) is 4.78 Å². The van der Waals surface area contributed by atoms with Crippen molar-refractivity contribution in [2.75, 3.05) is 24.7 Å². The van der Waals surface area contributed by atoms with Crippen LogP contribution in [0.25, 0.3) is 0 Å². The fourth-order valence-electron chi connectivity index (χ4n) is 0.440. The van der Waals surface area contributed by atoms with E-state index in [4.69, 9.17) is 13.7 Å². The summed E-state index contributed by atoms with van der Waals surface area (Å²) in [6.45, 7) is 1.93. The summed E-state index contributed by atoms with van der Waals surface area (Å²) in [6.07, 6.45) is 0. The van der Waals surface area contributed by atoms with Gasteiger partial charge in [0.15, 0.2) is 0 Å². The predicted octanol–water partition coefficient (Wildman–Crippen LogP) is 0.176. The van der Waals surface area contributed by atoms with Gasteiger partial charge in [-0.25, -0.2) is 0 Å². The monoisotopic (exact) mass is 169 g/mol. The van der Waals surface area contributed by atoms with E-state index < -0.39 is 11.5 Å². The van der Waals surface area contributed by atoms with Crippen LogP contribution in [0.3, 0.4) is 0 Å². The van der Waals surface area contributed by atoms with Crippen LogP contribution in [0.2, 0.25) is 0 Å². The van der Waals surface area contributed by atoms with Crippen LogP contribution in [0.1, 0.15) is 0 Å². The van der Waals surface area contributed by atoms with Crippen LogP contribution >= 0.6 is 11.8 Å². The minimum absolute atomic E-state index is 0.917. The van der Waals surface area contributed by atoms with Crippen LogP contribution in [-0.2, 0) is 16.2 Å². The van der Waals surface area contributed by atoms with Gasteiger partial charge in [-0.05, 0) is 0 Å². The summed E-state index contributed by atoms with van der Waals surface area (Å²) in [4.78, 5) is 0. The lowest BCUT2D eigenvalue weighted by molar-refractivity contribution is 0.161. The summed E-state index contributed by atoms with van der Waals surface area (Å²) in [5, 5.41) is 0. The maximum atomic E-state index is 8.62. The van der Waals surface area contributed by atoms with Gasteiger partial charge in [0.2, 0.25) is 0 Å². The van der Waals surface area contributed by atoms with E-state index in [1.54, 1.807) is 0 Å². The van der Waals surface area contributed by atoms with Gasteiger partial charge in [-0.2, -0.15) is 11.8 Å². The quantitative estimate of drug-likeness (QED) is 0.562. The van der Waals surface area contributed by atoms with Crippen molar-refractivity contribution in [3.05, 3.63) is 0 Å². The Morgan fingerprint density at radius 1 is 1.44 bits per heavy atom. The molecule has 0 amide bonds. The molecule has 0 spiro atoms. The summed E-state index contributed by atoms with van der Waals surface area (Å²) in [7, 11) is 0. The average molecular weight is 169 g/mol. The summed E-state index contributed by atoms with van der Waals surface area (Å²) in [5.74, 6) is 2.39. The molecule has 0 atom stereocenters. The van der Waals surface area contributed by atoms with Crippen molar-refractivity contribution in [3.63, 3.8) is 0 Å². The second kappa shape index (κ2) is 8.26. The van der Waals surface area contributed by atoms with Crippen molar-refractivity contribution in [1.29, 1.82) is 4.78 Å². The molecule has 56 valence electrons. The summed E-state index contributed by atoms with van der Waals surface area (Å²) >= 11 is 1.05. The molecule has 1 fully saturated rings. The highest BCUT2D eigenvalue weighted by Crippen LogP contribution is 2.03. The number of rotatable bonds is 0. The van der Waals surface area contributed by atoms with Crippen LogP contribution in [0.4, 0.5) is 0 Å². The summed E-state index contributed by atoms with van der Waals surface area (Å²) in [5.41, 5.74) is 0. The van der Waals surface area contributed by atoms with Crippen LogP contribution in [-0.4, -0.2) is 28.9 Å². The van der Waals surface area contributed by atoms with E-state index >= 15 is 0 Å². The minimum atomic E-state index is -0.917. The molecule has 0 aromatic rings. The maximum Gasteiger partial charge on any atom is 0.0557 e. The van der Waals surface area contributed by atoms with Crippen LogP contribution in [0.15, 0.2) is 0 Å². The zero-order chi connectivity index (χ0) is 6.95. The minimum Gasteiger partial charge on any atom is -0.380 e. The molecule has 5 heteroatoms. The molecule has 1 saturated heterocycles. The Bertz CT molecular complexity index is 77.1. The molecule has 0 bridgehead atoms. The Labute approximate surface area is 62.2 Å². The first-order valence-electron chi connectivity index (χ1n) is 2.61. The lowest BCUT2D eigenvalue weighted by Gasteiger charge is -2.07. The van der Waals surface area contributed by atoms with Gasteiger partial charge >= 0.3 is 0 Å². The molecule has 0 aliphatic carbocycles. The molecule has 1 heterocycles. The van der Waals surface area contributed by atoms with Gasteiger partial charge in [-0.15, -0.1) is 0 Å². The van der Waals surface area contributed by atoms with Gasteiger partial charge in [0, 0.05) is 23.0 Å². The van der Waals surface area contributed by atoms with E-state index in [-0.39, 0.29) is 0 Å². The third-order valence-electron chi connectivity index (χ3n) is 0.744. The lowest BCUT2D eigenvalue weighted by Crippen LogP contribution is -2.08. The topological polar surface area (TPSA) is 50.1 Å². The number of hydrogen-bond donors (Lipinski definition) is 1. The Balaban J connectivity index is 0.000000187. The van der Waals surface area contributed by atoms with Gasteiger partial charge < -0.3 is 4.74 Å². The zero-order valence-corrected chi connectivity index (χ0v) is 6.87. The van der Waals surface area contributed by atoms with Crippen LogP contribution < -0.4 is 0 Å². The number of ether oxygens (including phenoxy) is 1. The van der Waals surface area contributed by atoms with Gasteiger partial charge in [0.1, 0.15) is 0 Å². The lowest BCUT2D eigenvalue weighted by atomic mass is 10.8. The number of nitrogens with one attached hydrogen (secondary N) is 1. The highest BCUT2D eigenvalue weighted by atomic mass is 32.2. The Morgan fingerprint density at radius 2 is 1.89 bits per heavy atom. The standard InChI is InChI=1S/C4H8OS.H3NOS/c1-3-6-4-2-5-1;1-3-2/h1-4H2;1H,3H2. The second-order valence-electron chi connectivity index (χ2n) is 1.33. The Kier molecular flexibility index (Phi) is 8.50. The molecule has 0 aromatic heterocycles. The molecule has 3 nitrogen and oxygen atoms in total. The molecular formula is C4H11NO2S2. The van der Waals surface area contributed by atoms with E-state index in [0.717, 1.165) is 13.2 Å². The fraction of sp³-hybridized carbons (Fsp3) is 1.00. The van der Waals surface area contributed by atoms with Crippen molar-refractivity contribution in [3.8, 4) is 0 Å². The predicted molar refractivity (Wildman–Crippen MR) is 41.8 cm³/mol. The highest BCUT2D eigenvalue weighted by molar-refractivity contribution is 7.99. The third kappa shape index (κ3) is 8.26. The molecular weight excluding hydrogens is 158 g/mol. The molecule has 0 unspecified atom stereocenters. The van der Waals surface area contributed by atoms with E-state index in [2.05, 4.69) is 0 Å². The van der Waals surface area contributed by atoms with Crippen molar-refractivity contribution in [1.82, 2.24) is 0 Å². The normalized spacial score (nSPS) is 19.1. The molecule has 1 rings (SSSR count). The smallest absolute Gasteiger partial charge is 0.0557 e. The SMILES string of the molecule is C1CSCCO1.N=[SH2]=O.